The van der Waals surface area contributed by atoms with Gasteiger partial charge in [0.05, 0.1) is 12.3 Å². The number of ether oxygens (including phenoxy) is 2. The van der Waals surface area contributed by atoms with Gasteiger partial charge >= 0.3 is 0 Å². The summed E-state index contributed by atoms with van der Waals surface area (Å²) in [5, 5.41) is 0. The van der Waals surface area contributed by atoms with Crippen LogP contribution in [0.5, 0.6) is 17.5 Å². The number of rotatable bonds is 5. The quantitative estimate of drug-likeness (QED) is 0.906. The maximum atomic E-state index is 13.1. The van der Waals surface area contributed by atoms with Crippen molar-refractivity contribution >= 4 is 5.69 Å². The van der Waals surface area contributed by atoms with Crippen molar-refractivity contribution in [2.24, 2.45) is 5.92 Å². The lowest BCUT2D eigenvalue weighted by molar-refractivity contribution is 0.260. The molecule has 0 saturated heterocycles. The molecule has 0 atom stereocenters. The Kier molecular flexibility index (Phi) is 4.62. The smallest absolute Gasteiger partial charge is 0.240 e. The molecule has 0 unspecified atom stereocenters. The maximum absolute atomic E-state index is 13.1. The fourth-order valence-corrected chi connectivity index (χ4v) is 1.69. The highest BCUT2D eigenvalue weighted by Gasteiger charge is 2.09. The van der Waals surface area contributed by atoms with Gasteiger partial charge in [-0.2, -0.15) is 4.98 Å². The van der Waals surface area contributed by atoms with Crippen molar-refractivity contribution in [3.05, 3.63) is 41.7 Å². The van der Waals surface area contributed by atoms with Crippen LogP contribution in [0.1, 0.15) is 19.4 Å². The Balaban J connectivity index is 2.18. The third kappa shape index (κ3) is 4.08. The Hall–Kier alpha value is -2.30. The first-order valence-corrected chi connectivity index (χ1v) is 6.79. The summed E-state index contributed by atoms with van der Waals surface area (Å²) in [5.74, 6) is 1.32. The van der Waals surface area contributed by atoms with Gasteiger partial charge in [0.2, 0.25) is 11.8 Å². The number of aromatic nitrogens is 1. The van der Waals surface area contributed by atoms with Gasteiger partial charge in [-0.05, 0) is 42.7 Å². The molecule has 0 spiro atoms. The first kappa shape index (κ1) is 15.1. The Morgan fingerprint density at radius 3 is 2.67 bits per heavy atom. The predicted molar refractivity (Wildman–Crippen MR) is 80.2 cm³/mol. The van der Waals surface area contributed by atoms with E-state index < -0.39 is 0 Å². The van der Waals surface area contributed by atoms with Gasteiger partial charge in [-0.15, -0.1) is 0 Å². The average molecular weight is 290 g/mol. The topological polar surface area (TPSA) is 57.4 Å². The lowest BCUT2D eigenvalue weighted by Crippen LogP contribution is -2.07. The molecule has 1 aromatic carbocycles. The van der Waals surface area contributed by atoms with Gasteiger partial charge in [0.1, 0.15) is 11.6 Å². The average Bonchev–Trinajstić information content (AvgIpc) is 2.42. The summed E-state index contributed by atoms with van der Waals surface area (Å²) >= 11 is 0. The number of anilines is 1. The zero-order valence-corrected chi connectivity index (χ0v) is 12.4. The second kappa shape index (κ2) is 6.43. The molecule has 0 radical (unpaired) electrons. The molecule has 0 amide bonds. The highest BCUT2D eigenvalue weighted by atomic mass is 19.1. The van der Waals surface area contributed by atoms with Crippen LogP contribution in [0.25, 0.3) is 0 Å². The summed E-state index contributed by atoms with van der Waals surface area (Å²) in [6.07, 6.45) is 0. The molecule has 2 N–H and O–H groups in total. The van der Waals surface area contributed by atoms with Gasteiger partial charge in [0, 0.05) is 6.07 Å². The summed E-state index contributed by atoms with van der Waals surface area (Å²) < 4.78 is 24.3. The molecule has 0 bridgehead atoms. The minimum atomic E-state index is -0.300. The number of nitrogens with zero attached hydrogens (tertiary/aromatic N) is 1. The Labute approximate surface area is 123 Å². The van der Waals surface area contributed by atoms with E-state index in [0.717, 1.165) is 0 Å². The first-order chi connectivity index (χ1) is 9.95. The van der Waals surface area contributed by atoms with Crippen LogP contribution in [0.4, 0.5) is 10.1 Å². The monoisotopic (exact) mass is 290 g/mol. The predicted octanol–water partition coefficient (Wildman–Crippen LogP) is 3.94. The normalized spacial score (nSPS) is 10.7. The summed E-state index contributed by atoms with van der Waals surface area (Å²) in [4.78, 5) is 4.24. The Bertz CT molecular complexity index is 630. The second-order valence-corrected chi connectivity index (χ2v) is 5.26. The van der Waals surface area contributed by atoms with Crippen LogP contribution in [0, 0.1) is 18.7 Å². The fraction of sp³-hybridized carbons (Fsp3) is 0.312. The number of hydrogen-bond acceptors (Lipinski definition) is 4. The number of benzene rings is 1. The zero-order valence-electron chi connectivity index (χ0n) is 12.4. The van der Waals surface area contributed by atoms with E-state index in [1.807, 2.05) is 13.8 Å². The molecule has 0 aliphatic carbocycles. The van der Waals surface area contributed by atoms with Crippen LogP contribution < -0.4 is 15.2 Å². The number of nitrogens with two attached hydrogens (primary N) is 1. The van der Waals surface area contributed by atoms with E-state index in [-0.39, 0.29) is 5.82 Å². The number of pyridine rings is 1. The summed E-state index contributed by atoms with van der Waals surface area (Å²) in [5.41, 5.74) is 6.98. The van der Waals surface area contributed by atoms with Crippen molar-refractivity contribution in [1.82, 2.24) is 4.98 Å². The number of aryl methyl sites for hydroxylation is 1. The van der Waals surface area contributed by atoms with E-state index in [4.69, 9.17) is 15.2 Å². The fourth-order valence-electron chi connectivity index (χ4n) is 1.69. The largest absolute Gasteiger partial charge is 0.476 e. The lowest BCUT2D eigenvalue weighted by Gasteiger charge is -2.12. The van der Waals surface area contributed by atoms with Gasteiger partial charge in [0.15, 0.2) is 0 Å². The van der Waals surface area contributed by atoms with Crippen LogP contribution in [-0.2, 0) is 0 Å². The van der Waals surface area contributed by atoms with Crippen molar-refractivity contribution in [1.29, 1.82) is 0 Å². The minimum absolute atomic E-state index is 0.300. The second-order valence-electron chi connectivity index (χ2n) is 5.26. The van der Waals surface area contributed by atoms with E-state index >= 15 is 0 Å². The third-order valence-corrected chi connectivity index (χ3v) is 2.77. The van der Waals surface area contributed by atoms with Crippen LogP contribution in [-0.4, -0.2) is 11.6 Å². The van der Waals surface area contributed by atoms with Crippen molar-refractivity contribution < 1.29 is 13.9 Å². The molecule has 0 aliphatic heterocycles. The summed E-state index contributed by atoms with van der Waals surface area (Å²) in [7, 11) is 0. The van der Waals surface area contributed by atoms with Gasteiger partial charge < -0.3 is 15.2 Å². The van der Waals surface area contributed by atoms with E-state index in [1.54, 1.807) is 25.1 Å². The molecular weight excluding hydrogens is 271 g/mol. The van der Waals surface area contributed by atoms with E-state index in [2.05, 4.69) is 4.98 Å². The van der Waals surface area contributed by atoms with Gasteiger partial charge in [-0.3, -0.25) is 0 Å². The Morgan fingerprint density at radius 1 is 1.24 bits per heavy atom. The van der Waals surface area contributed by atoms with Crippen molar-refractivity contribution in [3.63, 3.8) is 0 Å². The molecule has 0 fully saturated rings. The molecule has 1 aromatic heterocycles. The molecule has 5 heteroatoms. The highest BCUT2D eigenvalue weighted by Crippen LogP contribution is 2.28. The Morgan fingerprint density at radius 2 is 2.00 bits per heavy atom. The SMILES string of the molecule is Cc1cc(F)ccc1Oc1ccc(N)c(OCC(C)C)n1. The first-order valence-electron chi connectivity index (χ1n) is 6.79. The van der Waals surface area contributed by atoms with Gasteiger partial charge in [-0.1, -0.05) is 13.8 Å². The molecule has 2 aromatic rings. The number of nitrogen functional groups attached to an aromatic ring is 1. The molecule has 4 nitrogen and oxygen atoms in total. The summed E-state index contributed by atoms with van der Waals surface area (Å²) in [6.45, 7) is 6.37. The number of halogens is 1. The minimum Gasteiger partial charge on any atom is -0.476 e. The third-order valence-electron chi connectivity index (χ3n) is 2.77. The lowest BCUT2D eigenvalue weighted by atomic mass is 10.2. The number of hydrogen-bond donors (Lipinski definition) is 1. The molecule has 112 valence electrons. The van der Waals surface area contributed by atoms with Crippen molar-refractivity contribution in [2.45, 2.75) is 20.8 Å². The van der Waals surface area contributed by atoms with Crippen LogP contribution in [0.2, 0.25) is 0 Å². The maximum Gasteiger partial charge on any atom is 0.240 e. The molecule has 0 saturated carbocycles. The molecule has 21 heavy (non-hydrogen) atoms. The van der Waals surface area contributed by atoms with Gasteiger partial charge in [0.25, 0.3) is 0 Å². The highest BCUT2D eigenvalue weighted by molar-refractivity contribution is 5.50. The molecule has 2 rings (SSSR count). The van der Waals surface area contributed by atoms with E-state index in [9.17, 15) is 4.39 Å². The van der Waals surface area contributed by atoms with Crippen LogP contribution in [0.3, 0.4) is 0 Å². The zero-order chi connectivity index (χ0) is 15.4. The molecule has 1 heterocycles. The van der Waals surface area contributed by atoms with E-state index in [1.165, 1.54) is 12.1 Å². The van der Waals surface area contributed by atoms with Crippen molar-refractivity contribution in [2.75, 3.05) is 12.3 Å². The van der Waals surface area contributed by atoms with Gasteiger partial charge in [-0.25, -0.2) is 4.39 Å². The van der Waals surface area contributed by atoms with Crippen LogP contribution >= 0.6 is 0 Å². The summed E-state index contributed by atoms with van der Waals surface area (Å²) in [6, 6.07) is 7.65. The van der Waals surface area contributed by atoms with E-state index in [0.29, 0.717) is 41.3 Å². The molecule has 0 aliphatic rings. The standard InChI is InChI=1S/C16H19FN2O2/c1-10(2)9-20-16-13(18)5-7-15(19-16)21-14-6-4-12(17)8-11(14)3/h4-8,10H,9,18H2,1-3H3. The molecular formula is C16H19FN2O2. The van der Waals surface area contributed by atoms with Crippen molar-refractivity contribution in [3.8, 4) is 17.5 Å². The van der Waals surface area contributed by atoms with Crippen LogP contribution in [0.15, 0.2) is 30.3 Å².